The van der Waals surface area contributed by atoms with Crippen molar-refractivity contribution < 1.29 is 4.74 Å². The molecule has 2 N–H and O–H groups in total. The van der Waals surface area contributed by atoms with Gasteiger partial charge in [0.25, 0.3) is 0 Å². The summed E-state index contributed by atoms with van der Waals surface area (Å²) in [5, 5.41) is 0. The minimum absolute atomic E-state index is 0.366. The Morgan fingerprint density at radius 1 is 1.27 bits per heavy atom. The minimum atomic E-state index is 0.366. The highest BCUT2D eigenvalue weighted by molar-refractivity contribution is 5.10. The van der Waals surface area contributed by atoms with Gasteiger partial charge in [0.05, 0.1) is 18.8 Å². The molecular weight excluding hydrogens is 278 g/mol. The van der Waals surface area contributed by atoms with Gasteiger partial charge in [-0.1, -0.05) is 0 Å². The maximum atomic E-state index is 6.03. The van der Waals surface area contributed by atoms with E-state index in [4.69, 9.17) is 4.74 Å². The molecule has 0 saturated carbocycles. The molecule has 0 aromatic carbocycles. The lowest BCUT2D eigenvalue weighted by Gasteiger charge is -2.37. The fraction of sp³-hybridized carbons (Fsp3) is 0.688. The van der Waals surface area contributed by atoms with Crippen molar-refractivity contribution in [3.63, 3.8) is 0 Å². The number of fused-ring (bicyclic) bond motifs is 1. The monoisotopic (exact) mass is 303 g/mol. The summed E-state index contributed by atoms with van der Waals surface area (Å²) in [7, 11) is 0. The number of nitrogens with zero attached hydrogens (tertiary/aromatic N) is 3. The van der Waals surface area contributed by atoms with Gasteiger partial charge in [0.15, 0.2) is 0 Å². The SMILES string of the molecule is c1cc(CN2CCO[C@H]3CN(CC4CCNN4)C[C@H]32)ccn1. The second-order valence-corrected chi connectivity index (χ2v) is 6.58. The zero-order valence-corrected chi connectivity index (χ0v) is 12.9. The Hall–Kier alpha value is -1.05. The summed E-state index contributed by atoms with van der Waals surface area (Å²) in [6.45, 7) is 7.26. The molecule has 1 unspecified atom stereocenters. The van der Waals surface area contributed by atoms with E-state index in [9.17, 15) is 0 Å². The second kappa shape index (κ2) is 6.60. The topological polar surface area (TPSA) is 52.7 Å². The van der Waals surface area contributed by atoms with E-state index in [1.54, 1.807) is 0 Å². The van der Waals surface area contributed by atoms with Crippen molar-refractivity contribution in [2.75, 3.05) is 39.3 Å². The number of hydrogen-bond acceptors (Lipinski definition) is 6. The van der Waals surface area contributed by atoms with Crippen molar-refractivity contribution in [1.82, 2.24) is 25.6 Å². The number of likely N-dealkylation sites (tertiary alicyclic amines) is 1. The number of aromatic nitrogens is 1. The summed E-state index contributed by atoms with van der Waals surface area (Å²) in [6, 6.07) is 5.33. The van der Waals surface area contributed by atoms with E-state index in [0.29, 0.717) is 18.2 Å². The molecule has 4 rings (SSSR count). The zero-order valence-electron chi connectivity index (χ0n) is 12.9. The van der Waals surface area contributed by atoms with Gasteiger partial charge in [-0.05, 0) is 24.1 Å². The van der Waals surface area contributed by atoms with Crippen molar-refractivity contribution in [3.05, 3.63) is 30.1 Å². The van der Waals surface area contributed by atoms with Crippen LogP contribution in [-0.2, 0) is 11.3 Å². The van der Waals surface area contributed by atoms with E-state index >= 15 is 0 Å². The lowest BCUT2D eigenvalue weighted by molar-refractivity contribution is -0.0504. The van der Waals surface area contributed by atoms with E-state index in [1.807, 2.05) is 12.4 Å². The van der Waals surface area contributed by atoms with Crippen molar-refractivity contribution in [2.24, 2.45) is 0 Å². The average molecular weight is 303 g/mol. The van der Waals surface area contributed by atoms with Crippen molar-refractivity contribution in [2.45, 2.75) is 31.2 Å². The van der Waals surface area contributed by atoms with E-state index < -0.39 is 0 Å². The first-order valence-electron chi connectivity index (χ1n) is 8.34. The van der Waals surface area contributed by atoms with Gasteiger partial charge >= 0.3 is 0 Å². The molecule has 0 radical (unpaired) electrons. The highest BCUT2D eigenvalue weighted by atomic mass is 16.5. The van der Waals surface area contributed by atoms with Crippen LogP contribution in [0, 0.1) is 0 Å². The van der Waals surface area contributed by atoms with Crippen LogP contribution in [0.3, 0.4) is 0 Å². The standard InChI is InChI=1S/C16H25N5O/c1-4-17-5-2-13(1)9-21-7-8-22-16-12-20(11-15(16)21)10-14-3-6-18-19-14/h1-2,4-5,14-16,18-19H,3,6-12H2/t14?,15-,16+/m1/s1. The first-order valence-corrected chi connectivity index (χ1v) is 8.34. The number of ether oxygens (including phenoxy) is 1. The molecule has 3 atom stereocenters. The Morgan fingerprint density at radius 2 is 2.18 bits per heavy atom. The lowest BCUT2D eigenvalue weighted by Crippen LogP contribution is -2.50. The molecule has 6 nitrogen and oxygen atoms in total. The maximum Gasteiger partial charge on any atom is 0.0870 e. The fourth-order valence-corrected chi connectivity index (χ4v) is 3.89. The molecule has 1 aromatic heterocycles. The van der Waals surface area contributed by atoms with Gasteiger partial charge in [-0.15, -0.1) is 0 Å². The third-order valence-electron chi connectivity index (χ3n) is 5.03. The molecule has 6 heteroatoms. The minimum Gasteiger partial charge on any atom is -0.374 e. The van der Waals surface area contributed by atoms with Crippen molar-refractivity contribution >= 4 is 0 Å². The summed E-state index contributed by atoms with van der Waals surface area (Å²) < 4.78 is 6.03. The Kier molecular flexibility index (Phi) is 4.36. The second-order valence-electron chi connectivity index (χ2n) is 6.58. The van der Waals surface area contributed by atoms with E-state index in [0.717, 1.165) is 45.9 Å². The molecule has 3 fully saturated rings. The van der Waals surface area contributed by atoms with Gasteiger partial charge in [0.1, 0.15) is 0 Å². The van der Waals surface area contributed by atoms with Crippen LogP contribution in [0.4, 0.5) is 0 Å². The smallest absolute Gasteiger partial charge is 0.0870 e. The third-order valence-corrected chi connectivity index (χ3v) is 5.03. The van der Waals surface area contributed by atoms with E-state index in [2.05, 4.69) is 37.8 Å². The molecule has 1 aromatic rings. The largest absolute Gasteiger partial charge is 0.374 e. The predicted octanol–water partition coefficient (Wildman–Crippen LogP) is -0.167. The van der Waals surface area contributed by atoms with Gasteiger partial charge in [-0.3, -0.25) is 25.6 Å². The van der Waals surface area contributed by atoms with E-state index in [-0.39, 0.29) is 0 Å². The Balaban J connectivity index is 1.38. The molecule has 0 aliphatic carbocycles. The predicted molar refractivity (Wildman–Crippen MR) is 84.2 cm³/mol. The van der Waals surface area contributed by atoms with E-state index in [1.165, 1.54) is 12.0 Å². The molecule has 0 bridgehead atoms. The molecule has 3 aliphatic rings. The van der Waals surface area contributed by atoms with Gasteiger partial charge < -0.3 is 4.74 Å². The number of pyridine rings is 1. The molecule has 0 amide bonds. The Labute approximate surface area is 131 Å². The first kappa shape index (κ1) is 14.5. The zero-order chi connectivity index (χ0) is 14.8. The number of hydrazine groups is 1. The van der Waals surface area contributed by atoms with Crippen LogP contribution in [0.2, 0.25) is 0 Å². The maximum absolute atomic E-state index is 6.03. The molecule has 3 aliphatic heterocycles. The van der Waals surface area contributed by atoms with Crippen LogP contribution in [-0.4, -0.2) is 72.3 Å². The fourth-order valence-electron chi connectivity index (χ4n) is 3.89. The van der Waals surface area contributed by atoms with Gasteiger partial charge in [0.2, 0.25) is 0 Å². The number of hydrogen-bond donors (Lipinski definition) is 2. The normalized spacial score (nSPS) is 33.2. The van der Waals surface area contributed by atoms with Gasteiger partial charge in [0, 0.05) is 57.7 Å². The Morgan fingerprint density at radius 3 is 3.00 bits per heavy atom. The summed E-state index contributed by atoms with van der Waals surface area (Å²) in [4.78, 5) is 9.26. The molecule has 22 heavy (non-hydrogen) atoms. The number of nitrogens with one attached hydrogen (secondary N) is 2. The van der Waals surface area contributed by atoms with Crippen LogP contribution in [0.25, 0.3) is 0 Å². The molecule has 3 saturated heterocycles. The van der Waals surface area contributed by atoms with Gasteiger partial charge in [-0.25, -0.2) is 0 Å². The first-order chi connectivity index (χ1) is 10.9. The molecule has 120 valence electrons. The molecule has 0 spiro atoms. The summed E-state index contributed by atoms with van der Waals surface area (Å²) >= 11 is 0. The third kappa shape index (κ3) is 3.16. The molecular formula is C16H25N5O. The number of morpholine rings is 1. The lowest BCUT2D eigenvalue weighted by atomic mass is 10.1. The summed E-state index contributed by atoms with van der Waals surface area (Å²) in [5.74, 6) is 0. The highest BCUT2D eigenvalue weighted by Crippen LogP contribution is 2.24. The molecule has 4 heterocycles. The summed E-state index contributed by atoms with van der Waals surface area (Å²) in [6.07, 6.45) is 5.35. The Bertz CT molecular complexity index is 479. The van der Waals surface area contributed by atoms with Crippen LogP contribution in [0.1, 0.15) is 12.0 Å². The summed E-state index contributed by atoms with van der Waals surface area (Å²) in [5.41, 5.74) is 7.93. The number of rotatable bonds is 4. The van der Waals surface area contributed by atoms with Crippen LogP contribution in [0.15, 0.2) is 24.5 Å². The van der Waals surface area contributed by atoms with Gasteiger partial charge in [-0.2, -0.15) is 0 Å². The quantitative estimate of drug-likeness (QED) is 0.806. The van der Waals surface area contributed by atoms with Crippen LogP contribution in [0.5, 0.6) is 0 Å². The highest BCUT2D eigenvalue weighted by Gasteiger charge is 2.40. The average Bonchev–Trinajstić information content (AvgIpc) is 3.18. The van der Waals surface area contributed by atoms with Crippen LogP contribution < -0.4 is 10.9 Å². The van der Waals surface area contributed by atoms with Crippen LogP contribution >= 0.6 is 0 Å². The van der Waals surface area contributed by atoms with Crippen molar-refractivity contribution in [1.29, 1.82) is 0 Å². The van der Waals surface area contributed by atoms with Crippen molar-refractivity contribution in [3.8, 4) is 0 Å².